The molecule has 3 rings (SSSR count). The summed E-state index contributed by atoms with van der Waals surface area (Å²) >= 11 is 0. The average molecular weight is 249 g/mol. The molecule has 0 saturated carbocycles. The van der Waals surface area contributed by atoms with E-state index in [1.54, 1.807) is 0 Å². The van der Waals surface area contributed by atoms with Gasteiger partial charge >= 0.3 is 0 Å². The molecule has 0 amide bonds. The van der Waals surface area contributed by atoms with E-state index in [-0.39, 0.29) is 0 Å². The number of aldehydes is 1. The van der Waals surface area contributed by atoms with E-state index in [2.05, 4.69) is 10.2 Å². The van der Waals surface area contributed by atoms with Gasteiger partial charge in [-0.2, -0.15) is 4.80 Å². The van der Waals surface area contributed by atoms with Gasteiger partial charge in [-0.1, -0.05) is 48.5 Å². The van der Waals surface area contributed by atoms with Gasteiger partial charge in [0.1, 0.15) is 5.69 Å². The molecular weight excluding hydrogens is 238 g/mol. The van der Waals surface area contributed by atoms with Gasteiger partial charge < -0.3 is 0 Å². The first kappa shape index (κ1) is 11.3. The summed E-state index contributed by atoms with van der Waals surface area (Å²) in [5, 5.41) is 8.61. The number of nitrogens with zero attached hydrogens (tertiary/aromatic N) is 3. The molecule has 19 heavy (non-hydrogen) atoms. The Hall–Kier alpha value is -2.75. The second kappa shape index (κ2) is 4.86. The fourth-order valence-electron chi connectivity index (χ4n) is 1.88. The van der Waals surface area contributed by atoms with Crippen molar-refractivity contribution in [3.8, 4) is 16.9 Å². The van der Waals surface area contributed by atoms with E-state index in [1.807, 2.05) is 60.7 Å². The van der Waals surface area contributed by atoms with Crippen LogP contribution in [-0.4, -0.2) is 21.3 Å². The van der Waals surface area contributed by atoms with Crippen LogP contribution in [-0.2, 0) is 0 Å². The minimum absolute atomic E-state index is 0.343. The third kappa shape index (κ3) is 2.15. The first-order valence-corrected chi connectivity index (χ1v) is 5.92. The van der Waals surface area contributed by atoms with E-state index >= 15 is 0 Å². The quantitative estimate of drug-likeness (QED) is 0.670. The highest BCUT2D eigenvalue weighted by Gasteiger charge is 2.12. The maximum atomic E-state index is 11.1. The van der Waals surface area contributed by atoms with Gasteiger partial charge in [-0.15, -0.1) is 10.2 Å². The number of benzene rings is 2. The van der Waals surface area contributed by atoms with Crippen LogP contribution >= 0.6 is 0 Å². The van der Waals surface area contributed by atoms with Crippen LogP contribution in [0.2, 0.25) is 0 Å². The second-order valence-electron chi connectivity index (χ2n) is 4.04. The monoisotopic (exact) mass is 249 g/mol. The van der Waals surface area contributed by atoms with Crippen LogP contribution in [0.5, 0.6) is 0 Å². The average Bonchev–Trinajstić information content (AvgIpc) is 2.93. The van der Waals surface area contributed by atoms with Crippen molar-refractivity contribution >= 4 is 6.29 Å². The topological polar surface area (TPSA) is 47.8 Å². The first-order valence-electron chi connectivity index (χ1n) is 5.92. The summed E-state index contributed by atoms with van der Waals surface area (Å²) in [4.78, 5) is 12.6. The number of carbonyl (C=O) groups is 1. The standard InChI is InChI=1S/C15H11N3O/c19-11-14-15(12-7-3-1-4-8-12)17-18(16-14)13-9-5-2-6-10-13/h1-11H. The van der Waals surface area contributed by atoms with Gasteiger partial charge in [0.25, 0.3) is 0 Å². The van der Waals surface area contributed by atoms with Gasteiger partial charge in [-0.3, -0.25) is 4.79 Å². The van der Waals surface area contributed by atoms with E-state index in [4.69, 9.17) is 0 Å². The minimum Gasteiger partial charge on any atom is -0.296 e. The van der Waals surface area contributed by atoms with Crippen molar-refractivity contribution in [2.24, 2.45) is 0 Å². The largest absolute Gasteiger partial charge is 0.296 e. The molecule has 0 saturated heterocycles. The fourth-order valence-corrected chi connectivity index (χ4v) is 1.88. The molecule has 0 N–H and O–H groups in total. The Morgan fingerprint density at radius 3 is 2.11 bits per heavy atom. The molecule has 0 fully saturated rings. The Bertz CT molecular complexity index is 690. The third-order valence-corrected chi connectivity index (χ3v) is 2.79. The lowest BCUT2D eigenvalue weighted by Gasteiger charge is -1.97. The predicted octanol–water partition coefficient (Wildman–Crippen LogP) is 2.75. The van der Waals surface area contributed by atoms with Crippen LogP contribution in [0.1, 0.15) is 10.5 Å². The lowest BCUT2D eigenvalue weighted by Crippen LogP contribution is -1.98. The molecule has 0 spiro atoms. The summed E-state index contributed by atoms with van der Waals surface area (Å²) in [6.07, 6.45) is 0.731. The molecule has 0 aliphatic carbocycles. The van der Waals surface area contributed by atoms with Crippen LogP contribution in [0, 0.1) is 0 Å². The summed E-state index contributed by atoms with van der Waals surface area (Å²) in [5.74, 6) is 0. The summed E-state index contributed by atoms with van der Waals surface area (Å²) in [5.41, 5.74) is 2.65. The van der Waals surface area contributed by atoms with E-state index in [9.17, 15) is 4.79 Å². The Kier molecular flexibility index (Phi) is 2.90. The van der Waals surface area contributed by atoms with E-state index in [0.717, 1.165) is 17.5 Å². The van der Waals surface area contributed by atoms with Crippen LogP contribution < -0.4 is 0 Å². The Morgan fingerprint density at radius 2 is 1.47 bits per heavy atom. The molecule has 0 atom stereocenters. The number of para-hydroxylation sites is 1. The summed E-state index contributed by atoms with van der Waals surface area (Å²) in [7, 11) is 0. The predicted molar refractivity (Wildman–Crippen MR) is 72.2 cm³/mol. The molecule has 92 valence electrons. The maximum Gasteiger partial charge on any atom is 0.172 e. The van der Waals surface area contributed by atoms with Gasteiger partial charge in [-0.05, 0) is 12.1 Å². The molecule has 0 aliphatic heterocycles. The molecule has 2 aromatic carbocycles. The number of aromatic nitrogens is 3. The van der Waals surface area contributed by atoms with Crippen LogP contribution in [0.4, 0.5) is 0 Å². The maximum absolute atomic E-state index is 11.1. The molecule has 4 heteroatoms. The SMILES string of the molecule is O=Cc1nn(-c2ccccc2)nc1-c1ccccc1. The number of carbonyl (C=O) groups excluding carboxylic acids is 1. The van der Waals surface area contributed by atoms with Gasteiger partial charge in [0.2, 0.25) is 0 Å². The Balaban J connectivity index is 2.12. The van der Waals surface area contributed by atoms with Gasteiger partial charge in [0.15, 0.2) is 12.0 Å². The number of hydrogen-bond acceptors (Lipinski definition) is 3. The second-order valence-corrected chi connectivity index (χ2v) is 4.04. The van der Waals surface area contributed by atoms with Crippen LogP contribution in [0.25, 0.3) is 16.9 Å². The van der Waals surface area contributed by atoms with Crippen molar-refractivity contribution < 1.29 is 4.79 Å². The summed E-state index contributed by atoms with van der Waals surface area (Å²) in [6.45, 7) is 0. The summed E-state index contributed by atoms with van der Waals surface area (Å²) in [6, 6.07) is 19.1. The lowest BCUT2D eigenvalue weighted by atomic mass is 10.1. The zero-order chi connectivity index (χ0) is 13.1. The first-order chi connectivity index (χ1) is 9.38. The molecule has 0 aliphatic rings. The number of rotatable bonds is 3. The molecule has 0 bridgehead atoms. The lowest BCUT2D eigenvalue weighted by molar-refractivity contribution is 0.111. The van der Waals surface area contributed by atoms with E-state index < -0.39 is 0 Å². The zero-order valence-corrected chi connectivity index (χ0v) is 10.1. The third-order valence-electron chi connectivity index (χ3n) is 2.79. The highest BCUT2D eigenvalue weighted by Crippen LogP contribution is 2.19. The number of hydrogen-bond donors (Lipinski definition) is 0. The van der Waals surface area contributed by atoms with Gasteiger partial charge in [0, 0.05) is 5.56 Å². The molecule has 0 unspecified atom stereocenters. The Morgan fingerprint density at radius 1 is 0.842 bits per heavy atom. The zero-order valence-electron chi connectivity index (χ0n) is 10.1. The van der Waals surface area contributed by atoms with Gasteiger partial charge in [-0.25, -0.2) is 0 Å². The summed E-state index contributed by atoms with van der Waals surface area (Å²) < 4.78 is 0. The molecule has 0 radical (unpaired) electrons. The molecule has 4 nitrogen and oxygen atoms in total. The normalized spacial score (nSPS) is 10.3. The van der Waals surface area contributed by atoms with Crippen LogP contribution in [0.3, 0.4) is 0 Å². The van der Waals surface area contributed by atoms with E-state index in [0.29, 0.717) is 11.4 Å². The van der Waals surface area contributed by atoms with Crippen molar-refractivity contribution in [2.45, 2.75) is 0 Å². The molecule has 1 heterocycles. The van der Waals surface area contributed by atoms with Crippen molar-refractivity contribution in [3.63, 3.8) is 0 Å². The fraction of sp³-hybridized carbons (Fsp3) is 0. The van der Waals surface area contributed by atoms with Crippen molar-refractivity contribution in [3.05, 3.63) is 66.4 Å². The molecule has 1 aromatic heterocycles. The van der Waals surface area contributed by atoms with E-state index in [1.165, 1.54) is 4.80 Å². The van der Waals surface area contributed by atoms with Crippen molar-refractivity contribution in [1.82, 2.24) is 15.0 Å². The smallest absolute Gasteiger partial charge is 0.172 e. The van der Waals surface area contributed by atoms with Crippen molar-refractivity contribution in [2.75, 3.05) is 0 Å². The Labute approximate surface area is 110 Å². The molecule has 3 aromatic rings. The van der Waals surface area contributed by atoms with Gasteiger partial charge in [0.05, 0.1) is 5.69 Å². The highest BCUT2D eigenvalue weighted by molar-refractivity contribution is 5.82. The van der Waals surface area contributed by atoms with Crippen molar-refractivity contribution in [1.29, 1.82) is 0 Å². The minimum atomic E-state index is 0.343. The van der Waals surface area contributed by atoms with Crippen LogP contribution in [0.15, 0.2) is 60.7 Å². The highest BCUT2D eigenvalue weighted by atomic mass is 16.1. The molecular formula is C15H11N3O.